The zero-order valence-corrected chi connectivity index (χ0v) is 24.8. The van der Waals surface area contributed by atoms with Crippen molar-refractivity contribution in [3.05, 3.63) is 58.6 Å². The van der Waals surface area contributed by atoms with Crippen LogP contribution >= 0.6 is 0 Å². The highest BCUT2D eigenvalue weighted by Gasteiger charge is 2.25. The maximum atomic E-state index is 14.0. The Morgan fingerprint density at radius 3 is 2.51 bits per heavy atom. The monoisotopic (exact) mass is 547 g/mol. The van der Waals surface area contributed by atoms with Gasteiger partial charge in [0.05, 0.1) is 18.3 Å². The van der Waals surface area contributed by atoms with Crippen molar-refractivity contribution in [1.29, 1.82) is 0 Å². The Balaban J connectivity index is 1.55. The molecule has 1 aliphatic heterocycles. The van der Waals surface area contributed by atoms with E-state index in [-0.39, 0.29) is 12.3 Å². The standard InChI is InChI=1S/C29H41N7O2Si/c1-5-14-35-28(37)25-26(32-29(35)33-15-10-11-16-33)31-27(36(25)22-38-17-18-39(3,4)6-2)24-19-30-34(21-24)20-23-12-8-7-9-13-23/h7-9,12-13,19,21H,5-6,10-11,14-18,20,22H2,1-4H3. The van der Waals surface area contributed by atoms with Crippen molar-refractivity contribution in [2.75, 3.05) is 24.6 Å². The summed E-state index contributed by atoms with van der Waals surface area (Å²) in [6.45, 7) is 13.2. The maximum absolute atomic E-state index is 14.0. The van der Waals surface area contributed by atoms with E-state index < -0.39 is 8.07 Å². The van der Waals surface area contributed by atoms with Crippen LogP contribution in [0.15, 0.2) is 47.5 Å². The van der Waals surface area contributed by atoms with Crippen molar-refractivity contribution in [3.63, 3.8) is 0 Å². The number of anilines is 1. The van der Waals surface area contributed by atoms with Crippen LogP contribution in [0.3, 0.4) is 0 Å². The summed E-state index contributed by atoms with van der Waals surface area (Å²) >= 11 is 0. The molecule has 1 saturated heterocycles. The van der Waals surface area contributed by atoms with E-state index >= 15 is 0 Å². The highest BCUT2D eigenvalue weighted by Crippen LogP contribution is 2.26. The highest BCUT2D eigenvalue weighted by atomic mass is 28.3. The number of fused-ring (bicyclic) bond motifs is 1. The van der Waals surface area contributed by atoms with Gasteiger partial charge in [-0.15, -0.1) is 0 Å². The van der Waals surface area contributed by atoms with Gasteiger partial charge in [-0.2, -0.15) is 10.1 Å². The molecule has 208 valence electrons. The van der Waals surface area contributed by atoms with Crippen molar-refractivity contribution in [1.82, 2.24) is 28.9 Å². The van der Waals surface area contributed by atoms with E-state index in [0.717, 1.165) is 49.9 Å². The molecule has 0 N–H and O–H groups in total. The first kappa shape index (κ1) is 27.3. The van der Waals surface area contributed by atoms with Gasteiger partial charge < -0.3 is 9.64 Å². The number of hydrogen-bond acceptors (Lipinski definition) is 6. The fourth-order valence-corrected chi connectivity index (χ4v) is 6.10. The third-order valence-corrected chi connectivity index (χ3v) is 11.3. The number of nitrogens with zero attached hydrogens (tertiary/aromatic N) is 7. The molecule has 0 saturated carbocycles. The lowest BCUT2D eigenvalue weighted by Gasteiger charge is -2.21. The molecule has 0 bridgehead atoms. The van der Waals surface area contributed by atoms with Crippen molar-refractivity contribution < 1.29 is 4.74 Å². The Bertz CT molecular complexity index is 1450. The molecule has 5 rings (SSSR count). The third-order valence-electron chi connectivity index (χ3n) is 7.86. The van der Waals surface area contributed by atoms with E-state index in [1.807, 2.05) is 44.4 Å². The molecule has 1 aliphatic rings. The molecule has 3 aromatic heterocycles. The summed E-state index contributed by atoms with van der Waals surface area (Å²) in [6.07, 6.45) is 6.90. The lowest BCUT2D eigenvalue weighted by atomic mass is 10.2. The number of imidazole rings is 1. The van der Waals surface area contributed by atoms with Crippen molar-refractivity contribution in [2.24, 2.45) is 0 Å². The van der Waals surface area contributed by atoms with Gasteiger partial charge in [-0.1, -0.05) is 63.3 Å². The molecule has 0 amide bonds. The summed E-state index contributed by atoms with van der Waals surface area (Å²) in [5, 5.41) is 4.61. The molecule has 4 aromatic rings. The van der Waals surface area contributed by atoms with E-state index in [9.17, 15) is 4.79 Å². The predicted molar refractivity (Wildman–Crippen MR) is 159 cm³/mol. The second kappa shape index (κ2) is 11.9. The lowest BCUT2D eigenvalue weighted by molar-refractivity contribution is 0.0907. The Morgan fingerprint density at radius 2 is 1.79 bits per heavy atom. The van der Waals surface area contributed by atoms with Gasteiger partial charge in [0.2, 0.25) is 5.95 Å². The van der Waals surface area contributed by atoms with Crippen molar-refractivity contribution in [3.8, 4) is 11.4 Å². The van der Waals surface area contributed by atoms with E-state index in [1.54, 1.807) is 0 Å². The number of hydrogen-bond donors (Lipinski definition) is 0. The summed E-state index contributed by atoms with van der Waals surface area (Å²) in [6, 6.07) is 12.6. The molecule has 0 unspecified atom stereocenters. The Labute approximate surface area is 231 Å². The second-order valence-electron chi connectivity index (χ2n) is 11.3. The molecule has 0 radical (unpaired) electrons. The van der Waals surface area contributed by atoms with Crippen LogP contribution in [0.2, 0.25) is 25.2 Å². The zero-order valence-electron chi connectivity index (χ0n) is 23.8. The second-order valence-corrected chi connectivity index (χ2v) is 16.9. The normalized spacial score (nSPS) is 14.1. The largest absolute Gasteiger partial charge is 0.361 e. The SMILES string of the molecule is CCCn1c(N2CCCC2)nc2nc(-c3cnn(Cc4ccccc4)c3)n(COCC[Si](C)(C)CC)c2c1=O. The zero-order chi connectivity index (χ0) is 27.4. The number of benzene rings is 1. The van der Waals surface area contributed by atoms with Crippen LogP contribution in [0, 0.1) is 0 Å². The number of rotatable bonds is 12. The van der Waals surface area contributed by atoms with Gasteiger partial charge in [0.25, 0.3) is 5.56 Å². The van der Waals surface area contributed by atoms with Crippen LogP contribution in [0.4, 0.5) is 5.95 Å². The third kappa shape index (κ3) is 6.01. The summed E-state index contributed by atoms with van der Waals surface area (Å²) < 4.78 is 11.9. The fraction of sp³-hybridized carbons (Fsp3) is 0.517. The Hall–Kier alpha value is -3.24. The predicted octanol–water partition coefficient (Wildman–Crippen LogP) is 5.22. The topological polar surface area (TPSA) is 83.0 Å². The molecule has 0 atom stereocenters. The molecule has 4 heterocycles. The Kier molecular flexibility index (Phi) is 8.32. The van der Waals surface area contributed by atoms with Crippen LogP contribution in [0.25, 0.3) is 22.6 Å². The summed E-state index contributed by atoms with van der Waals surface area (Å²) in [4.78, 5) is 26.1. The highest BCUT2D eigenvalue weighted by molar-refractivity contribution is 6.77. The number of aromatic nitrogens is 6. The summed E-state index contributed by atoms with van der Waals surface area (Å²) in [7, 11) is -1.26. The van der Waals surface area contributed by atoms with Gasteiger partial charge in [0, 0.05) is 40.5 Å². The van der Waals surface area contributed by atoms with Crippen LogP contribution in [-0.4, -0.2) is 56.7 Å². The number of ether oxygens (including phenoxy) is 1. The molecule has 0 aliphatic carbocycles. The maximum Gasteiger partial charge on any atom is 0.281 e. The van der Waals surface area contributed by atoms with Crippen molar-refractivity contribution >= 4 is 25.2 Å². The molecule has 1 fully saturated rings. The first-order valence-electron chi connectivity index (χ1n) is 14.3. The van der Waals surface area contributed by atoms with E-state index in [4.69, 9.17) is 14.7 Å². The molecular formula is C29H41N7O2Si. The molecule has 10 heteroatoms. The first-order valence-corrected chi connectivity index (χ1v) is 17.7. The van der Waals surface area contributed by atoms with Crippen LogP contribution in [-0.2, 0) is 24.6 Å². The Morgan fingerprint density at radius 1 is 1.03 bits per heavy atom. The van der Waals surface area contributed by atoms with Crippen LogP contribution < -0.4 is 10.5 Å². The van der Waals surface area contributed by atoms with E-state index in [0.29, 0.717) is 36.7 Å². The quantitative estimate of drug-likeness (QED) is 0.179. The van der Waals surface area contributed by atoms with Gasteiger partial charge in [-0.3, -0.25) is 18.6 Å². The molecule has 1 aromatic carbocycles. The summed E-state index contributed by atoms with van der Waals surface area (Å²) in [5.74, 6) is 1.40. The van der Waals surface area contributed by atoms with Gasteiger partial charge in [0.15, 0.2) is 11.2 Å². The van der Waals surface area contributed by atoms with Gasteiger partial charge >= 0.3 is 0 Å². The van der Waals surface area contributed by atoms with Crippen LogP contribution in [0.5, 0.6) is 0 Å². The van der Waals surface area contributed by atoms with Gasteiger partial charge in [-0.05, 0) is 30.9 Å². The van der Waals surface area contributed by atoms with Crippen LogP contribution in [0.1, 0.15) is 38.7 Å². The van der Waals surface area contributed by atoms with E-state index in [2.05, 4.69) is 49.1 Å². The average molecular weight is 548 g/mol. The summed E-state index contributed by atoms with van der Waals surface area (Å²) in [5.41, 5.74) is 2.95. The lowest BCUT2D eigenvalue weighted by Crippen LogP contribution is -2.32. The molecular weight excluding hydrogens is 506 g/mol. The van der Waals surface area contributed by atoms with E-state index in [1.165, 1.54) is 11.6 Å². The molecule has 39 heavy (non-hydrogen) atoms. The minimum Gasteiger partial charge on any atom is -0.361 e. The average Bonchev–Trinajstić information content (AvgIpc) is 3.69. The first-order chi connectivity index (χ1) is 18.9. The molecule has 0 spiro atoms. The van der Waals surface area contributed by atoms with Gasteiger partial charge in [-0.25, -0.2) is 4.98 Å². The minimum atomic E-state index is -1.26. The molecule has 9 nitrogen and oxygen atoms in total. The smallest absolute Gasteiger partial charge is 0.281 e. The van der Waals surface area contributed by atoms with Gasteiger partial charge in [0.1, 0.15) is 12.6 Å². The van der Waals surface area contributed by atoms with Crippen molar-refractivity contribution in [2.45, 2.75) is 78.1 Å². The fourth-order valence-electron chi connectivity index (χ4n) is 5.05. The minimum absolute atomic E-state index is 0.0500.